The molecule has 11 heavy (non-hydrogen) atoms. The lowest BCUT2D eigenvalue weighted by Gasteiger charge is -2.32. The molecule has 1 rings (SSSR count). The van der Waals surface area contributed by atoms with Crippen LogP contribution in [0.5, 0.6) is 0 Å². The van der Waals surface area contributed by atoms with Gasteiger partial charge in [-0.05, 0) is 23.7 Å². The summed E-state index contributed by atoms with van der Waals surface area (Å²) in [5.41, 5.74) is 2.48. The van der Waals surface area contributed by atoms with Crippen molar-refractivity contribution in [3.63, 3.8) is 0 Å². The van der Waals surface area contributed by atoms with Gasteiger partial charge in [-0.2, -0.15) is 0 Å². The van der Waals surface area contributed by atoms with E-state index in [0.717, 1.165) is 0 Å². The molecular formula is C11H20. The maximum absolute atomic E-state index is 2.43. The fourth-order valence-corrected chi connectivity index (χ4v) is 2.31. The van der Waals surface area contributed by atoms with E-state index in [0.29, 0.717) is 10.8 Å². The molecule has 0 heterocycles. The summed E-state index contributed by atoms with van der Waals surface area (Å²) in [6.07, 6.45) is 5.04. The molecule has 0 atom stereocenters. The second-order valence-electron chi connectivity index (χ2n) is 5.29. The van der Waals surface area contributed by atoms with Crippen LogP contribution in [0.1, 0.15) is 47.5 Å². The van der Waals surface area contributed by atoms with Gasteiger partial charge in [0, 0.05) is 0 Å². The zero-order valence-electron chi connectivity index (χ0n) is 8.49. The fraction of sp³-hybridized carbons (Fsp3) is 0.818. The van der Waals surface area contributed by atoms with Gasteiger partial charge < -0.3 is 0 Å². The van der Waals surface area contributed by atoms with Crippen molar-refractivity contribution in [3.8, 4) is 0 Å². The summed E-state index contributed by atoms with van der Waals surface area (Å²) in [6.45, 7) is 11.7. The van der Waals surface area contributed by atoms with E-state index in [2.05, 4.69) is 40.7 Å². The van der Waals surface area contributed by atoms with Gasteiger partial charge in [-0.3, -0.25) is 0 Å². The summed E-state index contributed by atoms with van der Waals surface area (Å²) in [5, 5.41) is 0. The van der Waals surface area contributed by atoms with E-state index in [1.807, 2.05) is 0 Å². The van der Waals surface area contributed by atoms with Gasteiger partial charge in [-0.25, -0.2) is 0 Å². The highest BCUT2D eigenvalue weighted by Gasteiger charge is 2.34. The van der Waals surface area contributed by atoms with Gasteiger partial charge in [0.2, 0.25) is 0 Å². The van der Waals surface area contributed by atoms with Gasteiger partial charge in [0.05, 0.1) is 0 Å². The topological polar surface area (TPSA) is 0 Å². The van der Waals surface area contributed by atoms with E-state index in [-0.39, 0.29) is 0 Å². The quantitative estimate of drug-likeness (QED) is 0.463. The Morgan fingerprint density at radius 3 is 2.00 bits per heavy atom. The largest absolute Gasteiger partial charge is 0.0842 e. The minimum atomic E-state index is 0.375. The monoisotopic (exact) mass is 152 g/mol. The van der Waals surface area contributed by atoms with Gasteiger partial charge in [0.15, 0.2) is 0 Å². The molecule has 0 heteroatoms. The van der Waals surface area contributed by atoms with Crippen LogP contribution in [-0.4, -0.2) is 0 Å². The lowest BCUT2D eigenvalue weighted by Crippen LogP contribution is -2.21. The van der Waals surface area contributed by atoms with Crippen LogP contribution >= 0.6 is 0 Å². The van der Waals surface area contributed by atoms with Crippen molar-refractivity contribution in [2.75, 3.05) is 0 Å². The molecule has 0 N–H and O–H groups in total. The predicted molar refractivity (Wildman–Crippen MR) is 50.6 cm³/mol. The average molecular weight is 152 g/mol. The van der Waals surface area contributed by atoms with Crippen LogP contribution in [0.15, 0.2) is 11.6 Å². The summed E-state index contributed by atoms with van der Waals surface area (Å²) in [4.78, 5) is 0. The molecule has 0 radical (unpaired) electrons. The molecule has 0 amide bonds. The van der Waals surface area contributed by atoms with Crippen LogP contribution in [0.3, 0.4) is 0 Å². The minimum absolute atomic E-state index is 0.375. The van der Waals surface area contributed by atoms with Crippen LogP contribution in [0.4, 0.5) is 0 Å². The summed E-state index contributed by atoms with van der Waals surface area (Å²) >= 11 is 0. The van der Waals surface area contributed by atoms with Crippen molar-refractivity contribution in [3.05, 3.63) is 11.6 Å². The highest BCUT2D eigenvalue weighted by molar-refractivity contribution is 5.23. The first-order chi connectivity index (χ1) is 4.84. The Morgan fingerprint density at radius 2 is 1.82 bits per heavy atom. The molecule has 0 aromatic carbocycles. The van der Waals surface area contributed by atoms with E-state index in [9.17, 15) is 0 Å². The average Bonchev–Trinajstić information content (AvgIpc) is 2.06. The molecular weight excluding hydrogens is 132 g/mol. The Kier molecular flexibility index (Phi) is 1.90. The summed E-state index contributed by atoms with van der Waals surface area (Å²) in [7, 11) is 0. The first-order valence-corrected chi connectivity index (χ1v) is 4.55. The Morgan fingerprint density at radius 1 is 1.27 bits per heavy atom. The first kappa shape index (κ1) is 8.83. The number of hydrogen-bond acceptors (Lipinski definition) is 0. The molecule has 0 nitrogen and oxygen atoms in total. The van der Waals surface area contributed by atoms with E-state index in [1.54, 1.807) is 5.57 Å². The van der Waals surface area contributed by atoms with E-state index in [4.69, 9.17) is 0 Å². The molecule has 1 aliphatic carbocycles. The number of hydrogen-bond donors (Lipinski definition) is 0. The first-order valence-electron chi connectivity index (χ1n) is 4.55. The van der Waals surface area contributed by atoms with Crippen molar-refractivity contribution < 1.29 is 0 Å². The normalized spacial score (nSPS) is 23.5. The molecule has 0 bridgehead atoms. The Labute approximate surface area is 70.7 Å². The zero-order chi connectivity index (χ0) is 8.70. The molecule has 0 unspecified atom stereocenters. The van der Waals surface area contributed by atoms with Crippen molar-refractivity contribution in [2.24, 2.45) is 10.8 Å². The Balaban J connectivity index is 2.89. The predicted octanol–water partition coefficient (Wildman–Crippen LogP) is 3.78. The van der Waals surface area contributed by atoms with Crippen molar-refractivity contribution in [1.29, 1.82) is 0 Å². The third-order valence-electron chi connectivity index (χ3n) is 2.65. The van der Waals surface area contributed by atoms with Crippen molar-refractivity contribution in [2.45, 2.75) is 47.5 Å². The number of allylic oxidation sites excluding steroid dienone is 2. The maximum Gasteiger partial charge on any atom is -0.0137 e. The van der Waals surface area contributed by atoms with Gasteiger partial charge in [0.1, 0.15) is 0 Å². The second-order valence-corrected chi connectivity index (χ2v) is 5.29. The number of rotatable bonds is 0. The molecule has 0 saturated carbocycles. The third-order valence-corrected chi connectivity index (χ3v) is 2.65. The van der Waals surface area contributed by atoms with Gasteiger partial charge >= 0.3 is 0 Å². The SMILES string of the molecule is CC(C)(C)C1=CCCC1(C)C. The molecule has 0 fully saturated rings. The Hall–Kier alpha value is -0.260. The third kappa shape index (κ3) is 1.66. The van der Waals surface area contributed by atoms with Crippen LogP contribution in [0.2, 0.25) is 0 Å². The minimum Gasteiger partial charge on any atom is -0.0842 e. The maximum atomic E-state index is 2.43. The lowest BCUT2D eigenvalue weighted by molar-refractivity contribution is 0.343. The van der Waals surface area contributed by atoms with E-state index < -0.39 is 0 Å². The molecule has 0 spiro atoms. The summed E-state index contributed by atoms with van der Waals surface area (Å²) in [6, 6.07) is 0. The van der Waals surface area contributed by atoms with Crippen LogP contribution in [-0.2, 0) is 0 Å². The second kappa shape index (κ2) is 2.36. The lowest BCUT2D eigenvalue weighted by atomic mass is 9.73. The highest BCUT2D eigenvalue weighted by atomic mass is 14.4. The molecule has 64 valence electrons. The smallest absolute Gasteiger partial charge is 0.0137 e. The van der Waals surface area contributed by atoms with Crippen LogP contribution in [0.25, 0.3) is 0 Å². The molecule has 0 aliphatic heterocycles. The van der Waals surface area contributed by atoms with E-state index in [1.165, 1.54) is 12.8 Å². The molecule has 0 saturated heterocycles. The summed E-state index contributed by atoms with van der Waals surface area (Å²) < 4.78 is 0. The van der Waals surface area contributed by atoms with E-state index >= 15 is 0 Å². The van der Waals surface area contributed by atoms with Gasteiger partial charge in [-0.15, -0.1) is 0 Å². The van der Waals surface area contributed by atoms with Crippen LogP contribution < -0.4 is 0 Å². The molecule has 0 aromatic heterocycles. The summed E-state index contributed by atoms with van der Waals surface area (Å²) in [5.74, 6) is 0. The Bertz CT molecular complexity index is 177. The van der Waals surface area contributed by atoms with Gasteiger partial charge in [-0.1, -0.05) is 46.3 Å². The molecule has 1 aliphatic rings. The highest BCUT2D eigenvalue weighted by Crippen LogP contribution is 2.46. The fourth-order valence-electron chi connectivity index (χ4n) is 2.31. The van der Waals surface area contributed by atoms with Crippen molar-refractivity contribution in [1.82, 2.24) is 0 Å². The van der Waals surface area contributed by atoms with Crippen LogP contribution in [0, 0.1) is 10.8 Å². The standard InChI is InChI=1S/C11H20/c1-10(2,3)9-7-6-8-11(9,4)5/h7H,6,8H2,1-5H3. The zero-order valence-corrected chi connectivity index (χ0v) is 8.49. The molecule has 0 aromatic rings. The van der Waals surface area contributed by atoms with Crippen molar-refractivity contribution >= 4 is 0 Å². The van der Waals surface area contributed by atoms with Gasteiger partial charge in [0.25, 0.3) is 0 Å².